The Balaban J connectivity index is 1.52. The third-order valence-electron chi connectivity index (χ3n) is 6.39. The van der Waals surface area contributed by atoms with E-state index < -0.39 is 0 Å². The van der Waals surface area contributed by atoms with Gasteiger partial charge in [-0.3, -0.25) is 4.79 Å². The fraction of sp³-hybridized carbons (Fsp3) is 0.259. The van der Waals surface area contributed by atoms with E-state index in [0.717, 1.165) is 34.8 Å². The molecule has 1 amide bonds. The van der Waals surface area contributed by atoms with Crippen molar-refractivity contribution in [3.8, 4) is 5.75 Å². The van der Waals surface area contributed by atoms with Crippen molar-refractivity contribution >= 4 is 22.6 Å². The number of aryl methyl sites for hydroxylation is 2. The smallest absolute Gasteiger partial charge is 0.227 e. The number of hydrogen-bond donors (Lipinski definition) is 0. The van der Waals surface area contributed by atoms with Gasteiger partial charge in [0.05, 0.1) is 18.1 Å². The summed E-state index contributed by atoms with van der Waals surface area (Å²) in [4.78, 5) is 19.8. The van der Waals surface area contributed by atoms with Crippen LogP contribution < -0.4 is 9.64 Å². The summed E-state index contributed by atoms with van der Waals surface area (Å²) in [5, 5.41) is 0. The van der Waals surface area contributed by atoms with E-state index in [9.17, 15) is 4.79 Å². The number of amides is 1. The summed E-state index contributed by atoms with van der Waals surface area (Å²) in [6, 6.07) is 22.5. The number of hydrogen-bond acceptors (Lipinski definition) is 3. The molecule has 32 heavy (non-hydrogen) atoms. The number of fused-ring (bicyclic) bond motifs is 1. The number of carbonyl (C=O) groups excluding carboxylic acids is 1. The second-order valence-corrected chi connectivity index (χ2v) is 8.58. The van der Waals surface area contributed by atoms with Gasteiger partial charge >= 0.3 is 0 Å². The SMILES string of the molecule is COc1ccc(N2CC(c3nc4ccccc4n3Cc3cc(C)ccc3C)CC2=O)cc1. The van der Waals surface area contributed by atoms with Crippen molar-refractivity contribution in [3.05, 3.63) is 89.2 Å². The topological polar surface area (TPSA) is 47.4 Å². The lowest BCUT2D eigenvalue weighted by Crippen LogP contribution is -2.24. The van der Waals surface area contributed by atoms with Crippen molar-refractivity contribution in [3.63, 3.8) is 0 Å². The molecule has 1 aromatic heterocycles. The lowest BCUT2D eigenvalue weighted by atomic mass is 10.0. The second-order valence-electron chi connectivity index (χ2n) is 8.58. The van der Waals surface area contributed by atoms with Gasteiger partial charge in [0.1, 0.15) is 11.6 Å². The highest BCUT2D eigenvalue weighted by atomic mass is 16.5. The second kappa shape index (κ2) is 8.15. The minimum Gasteiger partial charge on any atom is -0.497 e. The minimum atomic E-state index is 0.0436. The van der Waals surface area contributed by atoms with Crippen molar-refractivity contribution in [1.82, 2.24) is 9.55 Å². The van der Waals surface area contributed by atoms with E-state index >= 15 is 0 Å². The van der Waals surface area contributed by atoms with Gasteiger partial charge < -0.3 is 14.2 Å². The van der Waals surface area contributed by atoms with Gasteiger partial charge in [-0.15, -0.1) is 0 Å². The average molecular weight is 426 g/mol. The van der Waals surface area contributed by atoms with Crippen LogP contribution in [0.4, 0.5) is 5.69 Å². The fourth-order valence-electron chi connectivity index (χ4n) is 4.61. The third kappa shape index (κ3) is 3.64. The Morgan fingerprint density at radius 3 is 2.59 bits per heavy atom. The summed E-state index contributed by atoms with van der Waals surface area (Å²) in [5.74, 6) is 1.94. The maximum atomic E-state index is 13.0. The molecule has 5 heteroatoms. The summed E-state index contributed by atoms with van der Waals surface area (Å²) in [6.45, 7) is 5.65. The van der Waals surface area contributed by atoms with Crippen LogP contribution in [0.1, 0.15) is 34.9 Å². The van der Waals surface area contributed by atoms with Crippen molar-refractivity contribution in [1.29, 1.82) is 0 Å². The lowest BCUT2D eigenvalue weighted by molar-refractivity contribution is -0.117. The summed E-state index contributed by atoms with van der Waals surface area (Å²) >= 11 is 0. The molecular formula is C27H27N3O2. The quantitative estimate of drug-likeness (QED) is 0.440. The Bertz CT molecular complexity index is 1290. The van der Waals surface area contributed by atoms with Crippen LogP contribution in [0.2, 0.25) is 0 Å². The zero-order valence-corrected chi connectivity index (χ0v) is 18.7. The molecule has 1 aliphatic rings. The first-order valence-corrected chi connectivity index (χ1v) is 11.0. The molecule has 1 aliphatic heterocycles. The number of imidazole rings is 1. The highest BCUT2D eigenvalue weighted by Gasteiger charge is 2.35. The summed E-state index contributed by atoms with van der Waals surface area (Å²) < 4.78 is 7.55. The molecule has 2 heterocycles. The van der Waals surface area contributed by atoms with Crippen LogP contribution in [-0.2, 0) is 11.3 Å². The Hall–Kier alpha value is -3.60. The van der Waals surface area contributed by atoms with Crippen LogP contribution in [0.3, 0.4) is 0 Å². The number of nitrogens with zero attached hydrogens (tertiary/aromatic N) is 3. The Morgan fingerprint density at radius 2 is 1.81 bits per heavy atom. The van der Waals surface area contributed by atoms with Crippen molar-refractivity contribution in [2.45, 2.75) is 32.7 Å². The van der Waals surface area contributed by atoms with Gasteiger partial charge in [-0.2, -0.15) is 0 Å². The normalized spacial score (nSPS) is 16.2. The molecule has 162 valence electrons. The number of rotatable bonds is 5. The van der Waals surface area contributed by atoms with Crippen molar-refractivity contribution < 1.29 is 9.53 Å². The van der Waals surface area contributed by atoms with Gasteiger partial charge in [0, 0.05) is 31.1 Å². The Kier molecular flexibility index (Phi) is 5.17. The molecule has 1 unspecified atom stereocenters. The monoisotopic (exact) mass is 425 g/mol. The van der Waals surface area contributed by atoms with Crippen LogP contribution in [0, 0.1) is 13.8 Å². The van der Waals surface area contributed by atoms with Crippen LogP contribution in [-0.4, -0.2) is 29.1 Å². The number of para-hydroxylation sites is 2. The largest absolute Gasteiger partial charge is 0.497 e. The number of carbonyl (C=O) groups is 1. The number of ether oxygens (including phenoxy) is 1. The first-order valence-electron chi connectivity index (χ1n) is 11.0. The number of anilines is 1. The zero-order chi connectivity index (χ0) is 22.2. The van der Waals surface area contributed by atoms with E-state index in [-0.39, 0.29) is 11.8 Å². The molecule has 5 nitrogen and oxygen atoms in total. The molecule has 5 rings (SSSR count). The summed E-state index contributed by atoms with van der Waals surface area (Å²) in [5.41, 5.74) is 6.78. The molecule has 1 atom stereocenters. The predicted molar refractivity (Wildman–Crippen MR) is 127 cm³/mol. The molecule has 0 radical (unpaired) electrons. The van der Waals surface area contributed by atoms with Crippen LogP contribution in [0.5, 0.6) is 5.75 Å². The zero-order valence-electron chi connectivity index (χ0n) is 18.7. The molecule has 0 aliphatic carbocycles. The van der Waals surface area contributed by atoms with Crippen molar-refractivity contribution in [2.24, 2.45) is 0 Å². The molecular weight excluding hydrogens is 398 g/mol. The lowest BCUT2D eigenvalue weighted by Gasteiger charge is -2.18. The van der Waals surface area contributed by atoms with E-state index in [2.05, 4.69) is 54.8 Å². The molecule has 3 aromatic carbocycles. The third-order valence-corrected chi connectivity index (χ3v) is 6.39. The average Bonchev–Trinajstić information content (AvgIpc) is 3.37. The Morgan fingerprint density at radius 1 is 1.03 bits per heavy atom. The molecule has 1 fully saturated rings. The maximum absolute atomic E-state index is 13.0. The number of aromatic nitrogens is 2. The minimum absolute atomic E-state index is 0.0436. The van der Waals surface area contributed by atoms with Gasteiger partial charge in [0.15, 0.2) is 0 Å². The molecule has 4 aromatic rings. The highest BCUT2D eigenvalue weighted by molar-refractivity contribution is 5.96. The molecule has 0 bridgehead atoms. The Labute approximate surface area is 188 Å². The number of methoxy groups -OCH3 is 1. The summed E-state index contributed by atoms with van der Waals surface area (Å²) in [6.07, 6.45) is 0.460. The van der Waals surface area contributed by atoms with Gasteiger partial charge in [0.2, 0.25) is 5.91 Å². The highest BCUT2D eigenvalue weighted by Crippen LogP contribution is 2.34. The van der Waals surface area contributed by atoms with E-state index in [0.29, 0.717) is 13.0 Å². The standard InChI is InChI=1S/C27H27N3O2/c1-18-8-9-19(2)20(14-18)16-30-25-7-5-4-6-24(25)28-27(30)21-15-26(31)29(17-21)22-10-12-23(32-3)13-11-22/h4-14,21H,15-17H2,1-3H3. The molecule has 0 N–H and O–H groups in total. The van der Waals surface area contributed by atoms with Crippen LogP contribution >= 0.6 is 0 Å². The van der Waals surface area contributed by atoms with E-state index in [1.807, 2.05) is 35.2 Å². The van der Waals surface area contributed by atoms with Crippen LogP contribution in [0.15, 0.2) is 66.7 Å². The first-order chi connectivity index (χ1) is 15.5. The van der Waals surface area contributed by atoms with E-state index in [1.165, 1.54) is 16.7 Å². The van der Waals surface area contributed by atoms with Gasteiger partial charge in [-0.25, -0.2) is 4.98 Å². The predicted octanol–water partition coefficient (Wildman–Crippen LogP) is 5.23. The number of benzene rings is 3. The van der Waals surface area contributed by atoms with Gasteiger partial charge in [-0.05, 0) is 61.4 Å². The van der Waals surface area contributed by atoms with Gasteiger partial charge in [-0.1, -0.05) is 35.9 Å². The molecule has 0 saturated carbocycles. The van der Waals surface area contributed by atoms with E-state index in [4.69, 9.17) is 9.72 Å². The summed E-state index contributed by atoms with van der Waals surface area (Å²) in [7, 11) is 1.65. The van der Waals surface area contributed by atoms with Crippen LogP contribution in [0.25, 0.3) is 11.0 Å². The van der Waals surface area contributed by atoms with Gasteiger partial charge in [0.25, 0.3) is 0 Å². The first kappa shape index (κ1) is 20.3. The molecule has 1 saturated heterocycles. The fourth-order valence-corrected chi connectivity index (χ4v) is 4.61. The maximum Gasteiger partial charge on any atom is 0.227 e. The van der Waals surface area contributed by atoms with E-state index in [1.54, 1.807) is 7.11 Å². The van der Waals surface area contributed by atoms with Crippen molar-refractivity contribution in [2.75, 3.05) is 18.6 Å². The molecule has 0 spiro atoms.